The highest BCUT2D eigenvalue weighted by atomic mass is 32.2. The van der Waals surface area contributed by atoms with E-state index in [9.17, 15) is 0 Å². The molecule has 0 radical (unpaired) electrons. The second-order valence-electron chi connectivity index (χ2n) is 3.90. The monoisotopic (exact) mass is 227 g/mol. The standard InChI is InChI=1S/C13H25NS/c1-4-7-9-13(8-5-2)10-11-14-15-12-6-3/h6,11-13H,4-5,7-10H2,1-3H3. The van der Waals surface area contributed by atoms with E-state index >= 15 is 0 Å². The first-order valence-corrected chi connectivity index (χ1v) is 6.97. The van der Waals surface area contributed by atoms with Gasteiger partial charge in [-0.2, -0.15) is 0 Å². The Morgan fingerprint density at radius 3 is 2.60 bits per heavy atom. The fourth-order valence-corrected chi connectivity index (χ4v) is 1.98. The number of unbranched alkanes of at least 4 members (excludes halogenated alkanes) is 1. The smallest absolute Gasteiger partial charge is 0.0132 e. The molecule has 0 aromatic rings. The number of hydrogen-bond acceptors (Lipinski definition) is 2. The van der Waals surface area contributed by atoms with Crippen LogP contribution in [-0.4, -0.2) is 6.21 Å². The minimum absolute atomic E-state index is 0.852. The van der Waals surface area contributed by atoms with Crippen LogP contribution in [0, 0.1) is 5.92 Å². The van der Waals surface area contributed by atoms with Gasteiger partial charge in [0.25, 0.3) is 0 Å². The van der Waals surface area contributed by atoms with E-state index < -0.39 is 0 Å². The summed E-state index contributed by atoms with van der Waals surface area (Å²) in [5.41, 5.74) is 0. The van der Waals surface area contributed by atoms with Crippen LogP contribution in [0.25, 0.3) is 0 Å². The van der Waals surface area contributed by atoms with Crippen LogP contribution in [0.3, 0.4) is 0 Å². The summed E-state index contributed by atoms with van der Waals surface area (Å²) in [7, 11) is 0. The van der Waals surface area contributed by atoms with Crippen molar-refractivity contribution in [1.29, 1.82) is 0 Å². The molecule has 1 unspecified atom stereocenters. The Balaban J connectivity index is 3.68. The normalized spacial score (nSPS) is 14.1. The molecule has 0 aromatic heterocycles. The van der Waals surface area contributed by atoms with Crippen LogP contribution in [-0.2, 0) is 0 Å². The summed E-state index contributed by atoms with van der Waals surface area (Å²) >= 11 is 1.53. The summed E-state index contributed by atoms with van der Waals surface area (Å²) in [6.45, 7) is 6.55. The van der Waals surface area contributed by atoms with E-state index in [0.29, 0.717) is 0 Å². The van der Waals surface area contributed by atoms with Gasteiger partial charge in [-0.05, 0) is 24.7 Å². The molecular formula is C13H25NS. The molecule has 0 heterocycles. The molecule has 0 fully saturated rings. The lowest BCUT2D eigenvalue weighted by Gasteiger charge is -2.12. The lowest BCUT2D eigenvalue weighted by atomic mass is 9.94. The van der Waals surface area contributed by atoms with Gasteiger partial charge in [0.05, 0.1) is 0 Å². The summed E-state index contributed by atoms with van der Waals surface area (Å²) in [6.07, 6.45) is 11.9. The molecule has 0 N–H and O–H groups in total. The molecule has 0 saturated heterocycles. The number of allylic oxidation sites excluding steroid dienone is 1. The van der Waals surface area contributed by atoms with Crippen molar-refractivity contribution < 1.29 is 0 Å². The van der Waals surface area contributed by atoms with Crippen LogP contribution >= 0.6 is 11.9 Å². The highest BCUT2D eigenvalue weighted by molar-refractivity contribution is 8.01. The van der Waals surface area contributed by atoms with Crippen molar-refractivity contribution in [3.05, 3.63) is 11.5 Å². The fraction of sp³-hybridized carbons (Fsp3) is 0.769. The second kappa shape index (κ2) is 11.8. The fourth-order valence-electron chi connectivity index (χ4n) is 1.61. The van der Waals surface area contributed by atoms with Gasteiger partial charge in [-0.3, -0.25) is 0 Å². The maximum atomic E-state index is 4.30. The van der Waals surface area contributed by atoms with Gasteiger partial charge < -0.3 is 0 Å². The Kier molecular flexibility index (Phi) is 11.6. The Bertz CT molecular complexity index is 175. The van der Waals surface area contributed by atoms with Gasteiger partial charge in [0.1, 0.15) is 0 Å². The van der Waals surface area contributed by atoms with Crippen LogP contribution in [0.15, 0.2) is 15.9 Å². The number of nitrogens with zero attached hydrogens (tertiary/aromatic N) is 1. The molecule has 15 heavy (non-hydrogen) atoms. The number of rotatable bonds is 9. The summed E-state index contributed by atoms with van der Waals surface area (Å²) in [4.78, 5) is 0. The van der Waals surface area contributed by atoms with Crippen molar-refractivity contribution in [3.8, 4) is 0 Å². The molecule has 0 rings (SSSR count). The second-order valence-corrected chi connectivity index (χ2v) is 4.59. The van der Waals surface area contributed by atoms with E-state index in [2.05, 4.69) is 24.5 Å². The Morgan fingerprint density at radius 2 is 2.00 bits per heavy atom. The predicted molar refractivity (Wildman–Crippen MR) is 73.4 cm³/mol. The largest absolute Gasteiger partial charge is 0.224 e. The van der Waals surface area contributed by atoms with E-state index in [-0.39, 0.29) is 0 Å². The average molecular weight is 227 g/mol. The Hall–Kier alpha value is -0.240. The highest BCUT2D eigenvalue weighted by Gasteiger charge is 2.04. The van der Waals surface area contributed by atoms with Crippen molar-refractivity contribution in [2.75, 3.05) is 0 Å². The zero-order chi connectivity index (χ0) is 11.4. The Morgan fingerprint density at radius 1 is 1.20 bits per heavy atom. The van der Waals surface area contributed by atoms with Crippen molar-refractivity contribution in [2.45, 2.75) is 59.3 Å². The van der Waals surface area contributed by atoms with Gasteiger partial charge >= 0.3 is 0 Å². The zero-order valence-corrected chi connectivity index (χ0v) is 11.2. The third-order valence-electron chi connectivity index (χ3n) is 2.43. The molecule has 1 nitrogen and oxygen atoms in total. The molecule has 1 atom stereocenters. The van der Waals surface area contributed by atoms with Crippen molar-refractivity contribution in [1.82, 2.24) is 0 Å². The molecule has 0 bridgehead atoms. The number of hydrogen-bond donors (Lipinski definition) is 0. The third-order valence-corrected chi connectivity index (χ3v) is 3.10. The lowest BCUT2D eigenvalue weighted by molar-refractivity contribution is 0.446. The lowest BCUT2D eigenvalue weighted by Crippen LogP contribution is -2.00. The SMILES string of the molecule is CC=CSN=CCC(CCC)CCCC. The minimum atomic E-state index is 0.852. The molecule has 0 spiro atoms. The van der Waals surface area contributed by atoms with E-state index in [1.807, 2.05) is 18.4 Å². The first-order chi connectivity index (χ1) is 7.35. The van der Waals surface area contributed by atoms with Crippen molar-refractivity contribution >= 4 is 18.2 Å². The summed E-state index contributed by atoms with van der Waals surface area (Å²) in [6, 6.07) is 0. The van der Waals surface area contributed by atoms with Gasteiger partial charge in [-0.15, -0.1) is 0 Å². The van der Waals surface area contributed by atoms with E-state index in [1.165, 1.54) is 44.1 Å². The van der Waals surface area contributed by atoms with E-state index in [1.54, 1.807) is 0 Å². The molecule has 0 aliphatic heterocycles. The quantitative estimate of drug-likeness (QED) is 0.388. The molecule has 2 heteroatoms. The maximum Gasteiger partial charge on any atom is 0.0132 e. The van der Waals surface area contributed by atoms with Gasteiger partial charge in [0.15, 0.2) is 0 Å². The molecule has 0 aliphatic rings. The predicted octanol–water partition coefficient (Wildman–Crippen LogP) is 5.24. The van der Waals surface area contributed by atoms with Gasteiger partial charge in [0, 0.05) is 18.2 Å². The van der Waals surface area contributed by atoms with Crippen LogP contribution in [0.1, 0.15) is 59.3 Å². The van der Waals surface area contributed by atoms with Crippen LogP contribution < -0.4 is 0 Å². The van der Waals surface area contributed by atoms with E-state index in [4.69, 9.17) is 0 Å². The third kappa shape index (κ3) is 10.1. The molecule has 0 amide bonds. The summed E-state index contributed by atoms with van der Waals surface area (Å²) in [5.74, 6) is 0.852. The van der Waals surface area contributed by atoms with Crippen LogP contribution in [0.5, 0.6) is 0 Å². The first-order valence-electron chi connectivity index (χ1n) is 6.13. The molecule has 0 aliphatic carbocycles. The summed E-state index contributed by atoms with van der Waals surface area (Å²) in [5, 5.41) is 2.01. The van der Waals surface area contributed by atoms with Gasteiger partial charge in [-0.25, -0.2) is 4.40 Å². The maximum absolute atomic E-state index is 4.30. The van der Waals surface area contributed by atoms with Crippen molar-refractivity contribution in [2.24, 2.45) is 10.3 Å². The van der Waals surface area contributed by atoms with E-state index in [0.717, 1.165) is 12.3 Å². The van der Waals surface area contributed by atoms with Crippen LogP contribution in [0.4, 0.5) is 0 Å². The molecule has 0 aromatic carbocycles. The highest BCUT2D eigenvalue weighted by Crippen LogP contribution is 2.18. The van der Waals surface area contributed by atoms with Crippen LogP contribution in [0.2, 0.25) is 0 Å². The summed E-state index contributed by atoms with van der Waals surface area (Å²) < 4.78 is 4.30. The topological polar surface area (TPSA) is 12.4 Å². The Labute approximate surface area is 99.6 Å². The molecular weight excluding hydrogens is 202 g/mol. The van der Waals surface area contributed by atoms with Gasteiger partial charge in [0.2, 0.25) is 0 Å². The van der Waals surface area contributed by atoms with Gasteiger partial charge in [-0.1, -0.05) is 52.0 Å². The first kappa shape index (κ1) is 14.8. The van der Waals surface area contributed by atoms with Crippen molar-refractivity contribution in [3.63, 3.8) is 0 Å². The molecule has 88 valence electrons. The average Bonchev–Trinajstić information content (AvgIpc) is 2.25. The zero-order valence-electron chi connectivity index (χ0n) is 10.4. The molecule has 0 saturated carbocycles. The minimum Gasteiger partial charge on any atom is -0.224 e.